The number of carboxylic acids is 1. The molecule has 6 nitrogen and oxygen atoms in total. The minimum atomic E-state index is -0.776. The average molecular weight is 351 g/mol. The Labute approximate surface area is 150 Å². The third-order valence-electron chi connectivity index (χ3n) is 6.80. The minimum absolute atomic E-state index is 0.0648. The molecule has 1 heterocycles. The molecule has 6 heteroatoms. The average Bonchev–Trinajstić information content (AvgIpc) is 3.23. The van der Waals surface area contributed by atoms with Gasteiger partial charge in [-0.3, -0.25) is 9.69 Å². The lowest BCUT2D eigenvalue weighted by Crippen LogP contribution is -2.52. The topological polar surface area (TPSA) is 72.9 Å². The Kier molecular flexibility index (Phi) is 5.87. The van der Waals surface area contributed by atoms with Crippen molar-refractivity contribution in [2.24, 2.45) is 17.8 Å². The van der Waals surface area contributed by atoms with Gasteiger partial charge in [-0.1, -0.05) is 13.3 Å². The summed E-state index contributed by atoms with van der Waals surface area (Å²) in [5.41, 5.74) is 0. The molecule has 4 atom stereocenters. The molecule has 1 saturated heterocycles. The van der Waals surface area contributed by atoms with Gasteiger partial charge in [0.2, 0.25) is 0 Å². The number of carbonyl (C=O) groups excluding carboxylic acids is 1. The van der Waals surface area contributed by atoms with Crippen molar-refractivity contribution in [2.45, 2.75) is 64.5 Å². The zero-order valence-corrected chi connectivity index (χ0v) is 15.6. The van der Waals surface area contributed by atoms with Crippen LogP contribution in [0, 0.1) is 17.8 Å². The summed E-state index contributed by atoms with van der Waals surface area (Å²) in [6.45, 7) is 6.44. The molecule has 25 heavy (non-hydrogen) atoms. The number of piperidine rings is 1. The van der Waals surface area contributed by atoms with E-state index in [1.165, 1.54) is 25.7 Å². The lowest BCUT2D eigenvalue weighted by atomic mass is 9.84. The maximum atomic E-state index is 12.6. The van der Waals surface area contributed by atoms with Crippen molar-refractivity contribution in [3.8, 4) is 0 Å². The number of likely N-dealkylation sites (tertiary alicyclic amines) is 1. The highest BCUT2D eigenvalue weighted by Gasteiger charge is 2.42. The second-order valence-electron chi connectivity index (χ2n) is 8.25. The van der Waals surface area contributed by atoms with E-state index in [0.717, 1.165) is 44.3 Å². The highest BCUT2D eigenvalue weighted by atomic mass is 16.4. The smallest absolute Gasteiger partial charge is 0.317 e. The number of carbonyl (C=O) groups is 2. The van der Waals surface area contributed by atoms with Crippen molar-refractivity contribution in [3.05, 3.63) is 0 Å². The molecule has 3 rings (SSSR count). The van der Waals surface area contributed by atoms with Crippen LogP contribution in [0.4, 0.5) is 4.79 Å². The summed E-state index contributed by atoms with van der Waals surface area (Å²) in [4.78, 5) is 27.5. The molecule has 0 radical (unpaired) electrons. The van der Waals surface area contributed by atoms with E-state index in [1.807, 2.05) is 16.7 Å². The number of nitrogens with zero attached hydrogens (tertiary/aromatic N) is 2. The largest absolute Gasteiger partial charge is 0.480 e. The Morgan fingerprint density at radius 2 is 1.92 bits per heavy atom. The highest BCUT2D eigenvalue weighted by molar-refractivity contribution is 5.74. The van der Waals surface area contributed by atoms with Crippen LogP contribution < -0.4 is 5.32 Å². The number of likely N-dealkylation sites (N-methyl/N-ethyl adjacent to an activating group) is 1. The van der Waals surface area contributed by atoms with Crippen molar-refractivity contribution in [1.29, 1.82) is 0 Å². The fourth-order valence-corrected chi connectivity index (χ4v) is 5.41. The number of nitrogens with one attached hydrogen (secondary N) is 1. The first kappa shape index (κ1) is 18.5. The van der Waals surface area contributed by atoms with Crippen molar-refractivity contribution in [2.75, 3.05) is 26.2 Å². The molecule has 2 saturated carbocycles. The summed E-state index contributed by atoms with van der Waals surface area (Å²) in [5.74, 6) is 1.60. The summed E-state index contributed by atoms with van der Waals surface area (Å²) in [6.07, 6.45) is 7.10. The fraction of sp³-hybridized carbons (Fsp3) is 0.895. The third-order valence-corrected chi connectivity index (χ3v) is 6.80. The number of amides is 2. The summed E-state index contributed by atoms with van der Waals surface area (Å²) in [7, 11) is 0. The highest BCUT2D eigenvalue weighted by Crippen LogP contribution is 2.49. The summed E-state index contributed by atoms with van der Waals surface area (Å²) in [6, 6.07) is 0.600. The Balaban J connectivity index is 1.44. The first-order chi connectivity index (χ1) is 12.0. The van der Waals surface area contributed by atoms with Crippen molar-refractivity contribution < 1.29 is 14.7 Å². The molecule has 2 bridgehead atoms. The standard InChI is InChI=1S/C19H33N3O3/c1-3-21(12-18(23)24)16-6-8-22(9-7-16)19(25)20-13(2)17-11-14-4-5-15(17)10-14/h13-17H,3-12H2,1-2H3,(H,20,25)(H,23,24). The third kappa shape index (κ3) is 4.27. The molecule has 3 fully saturated rings. The van der Waals surface area contributed by atoms with Gasteiger partial charge in [-0.05, 0) is 63.3 Å². The van der Waals surface area contributed by atoms with E-state index in [9.17, 15) is 9.59 Å². The van der Waals surface area contributed by atoms with Gasteiger partial charge >= 0.3 is 12.0 Å². The molecule has 0 aromatic carbocycles. The normalized spacial score (nSPS) is 30.7. The number of carboxylic acid groups (broad SMARTS) is 1. The number of fused-ring (bicyclic) bond motifs is 2. The molecule has 0 spiro atoms. The fourth-order valence-electron chi connectivity index (χ4n) is 5.41. The Morgan fingerprint density at radius 1 is 1.20 bits per heavy atom. The van der Waals surface area contributed by atoms with Crippen LogP contribution in [0.15, 0.2) is 0 Å². The molecule has 0 aromatic heterocycles. The van der Waals surface area contributed by atoms with E-state index in [2.05, 4.69) is 12.2 Å². The van der Waals surface area contributed by atoms with Crippen molar-refractivity contribution in [1.82, 2.24) is 15.1 Å². The number of hydrogen-bond donors (Lipinski definition) is 2. The van der Waals surface area contributed by atoms with Gasteiger partial charge in [-0.25, -0.2) is 4.79 Å². The van der Waals surface area contributed by atoms with Gasteiger partial charge in [0, 0.05) is 25.2 Å². The SMILES string of the molecule is CCN(CC(=O)O)C1CCN(C(=O)NC(C)C2CC3CCC2C3)CC1. The van der Waals surface area contributed by atoms with Gasteiger partial charge in [-0.2, -0.15) is 0 Å². The van der Waals surface area contributed by atoms with Crippen LogP contribution in [-0.4, -0.2) is 65.2 Å². The molecular formula is C19H33N3O3. The van der Waals surface area contributed by atoms with Gasteiger partial charge in [-0.15, -0.1) is 0 Å². The Hall–Kier alpha value is -1.30. The molecule has 2 amide bonds. The second-order valence-corrected chi connectivity index (χ2v) is 8.25. The van der Waals surface area contributed by atoms with Crippen LogP contribution in [0.3, 0.4) is 0 Å². The van der Waals surface area contributed by atoms with Crippen LogP contribution in [0.25, 0.3) is 0 Å². The monoisotopic (exact) mass is 351 g/mol. The van der Waals surface area contributed by atoms with E-state index < -0.39 is 5.97 Å². The molecule has 3 aliphatic rings. The maximum Gasteiger partial charge on any atom is 0.317 e. The van der Waals surface area contributed by atoms with E-state index in [0.29, 0.717) is 5.92 Å². The molecule has 4 unspecified atom stereocenters. The van der Waals surface area contributed by atoms with Crippen LogP contribution in [0.5, 0.6) is 0 Å². The molecule has 142 valence electrons. The summed E-state index contributed by atoms with van der Waals surface area (Å²) in [5, 5.41) is 12.3. The number of aliphatic carboxylic acids is 1. The quantitative estimate of drug-likeness (QED) is 0.771. The van der Waals surface area contributed by atoms with Crippen LogP contribution in [0.2, 0.25) is 0 Å². The first-order valence-electron chi connectivity index (χ1n) is 9.99. The van der Waals surface area contributed by atoms with E-state index in [4.69, 9.17) is 5.11 Å². The van der Waals surface area contributed by atoms with Gasteiger partial charge in [0.1, 0.15) is 0 Å². The molecule has 2 N–H and O–H groups in total. The lowest BCUT2D eigenvalue weighted by molar-refractivity contribution is -0.139. The Bertz CT molecular complexity index is 490. The van der Waals surface area contributed by atoms with Crippen LogP contribution >= 0.6 is 0 Å². The lowest BCUT2D eigenvalue weighted by Gasteiger charge is -2.38. The first-order valence-corrected chi connectivity index (χ1v) is 9.99. The maximum absolute atomic E-state index is 12.6. The number of hydrogen-bond acceptors (Lipinski definition) is 3. The van der Waals surface area contributed by atoms with Crippen molar-refractivity contribution in [3.63, 3.8) is 0 Å². The van der Waals surface area contributed by atoms with Crippen LogP contribution in [-0.2, 0) is 4.79 Å². The van der Waals surface area contributed by atoms with Crippen molar-refractivity contribution >= 4 is 12.0 Å². The predicted octanol–water partition coefficient (Wildman–Crippen LogP) is 2.39. The Morgan fingerprint density at radius 3 is 2.44 bits per heavy atom. The predicted molar refractivity (Wildman–Crippen MR) is 96.4 cm³/mol. The van der Waals surface area contributed by atoms with Crippen LogP contribution in [0.1, 0.15) is 52.4 Å². The van der Waals surface area contributed by atoms with Gasteiger partial charge in [0.15, 0.2) is 0 Å². The number of rotatable bonds is 6. The van der Waals surface area contributed by atoms with Gasteiger partial charge < -0.3 is 15.3 Å². The molecule has 1 aliphatic heterocycles. The number of urea groups is 1. The summed E-state index contributed by atoms with van der Waals surface area (Å²) < 4.78 is 0. The van der Waals surface area contributed by atoms with Gasteiger partial charge in [0.05, 0.1) is 6.54 Å². The molecule has 0 aromatic rings. The zero-order valence-electron chi connectivity index (χ0n) is 15.6. The minimum Gasteiger partial charge on any atom is -0.480 e. The molecule has 2 aliphatic carbocycles. The molecular weight excluding hydrogens is 318 g/mol. The van der Waals surface area contributed by atoms with E-state index in [-0.39, 0.29) is 24.7 Å². The second kappa shape index (κ2) is 7.94. The summed E-state index contributed by atoms with van der Waals surface area (Å²) >= 11 is 0. The van der Waals surface area contributed by atoms with Gasteiger partial charge in [0.25, 0.3) is 0 Å². The van der Waals surface area contributed by atoms with E-state index >= 15 is 0 Å². The van der Waals surface area contributed by atoms with E-state index in [1.54, 1.807) is 0 Å². The zero-order chi connectivity index (χ0) is 18.0.